The van der Waals surface area contributed by atoms with Crippen LogP contribution in [0.2, 0.25) is 0 Å². The van der Waals surface area contributed by atoms with Crippen molar-refractivity contribution in [2.45, 2.75) is 33.6 Å². The number of carbonyl (C=O) groups excluding carboxylic acids is 1. The summed E-state index contributed by atoms with van der Waals surface area (Å²) in [4.78, 5) is 30.7. The molecule has 0 aliphatic carbocycles. The van der Waals surface area contributed by atoms with Crippen LogP contribution in [0.3, 0.4) is 0 Å². The van der Waals surface area contributed by atoms with Crippen molar-refractivity contribution in [3.63, 3.8) is 0 Å². The Labute approximate surface area is 112 Å². The molecule has 6 nitrogen and oxygen atoms in total. The molecule has 0 spiro atoms. The van der Waals surface area contributed by atoms with Gasteiger partial charge in [-0.25, -0.2) is 4.98 Å². The minimum atomic E-state index is -0.457. The first kappa shape index (κ1) is 15.4. The predicted octanol–water partition coefficient (Wildman–Crippen LogP) is 0.560. The molecule has 0 saturated carbocycles. The van der Waals surface area contributed by atoms with Gasteiger partial charge in [0, 0.05) is 19.1 Å². The molecule has 0 bridgehead atoms. The molecule has 0 radical (unpaired) electrons. The van der Waals surface area contributed by atoms with Crippen LogP contribution in [0.1, 0.15) is 48.6 Å². The SMILES string of the molecule is Cc1nc(C(C)C)[nH]c(=O)c1C(=O)NCC(C)CO. The first-order chi connectivity index (χ1) is 8.86. The number of nitrogens with zero attached hydrogens (tertiary/aromatic N) is 1. The zero-order chi connectivity index (χ0) is 14.6. The third-order valence-corrected chi connectivity index (χ3v) is 2.82. The summed E-state index contributed by atoms with van der Waals surface area (Å²) in [5.41, 5.74) is 0.0292. The number of aliphatic hydroxyl groups is 1. The highest BCUT2D eigenvalue weighted by atomic mass is 16.3. The summed E-state index contributed by atoms with van der Waals surface area (Å²) in [6.45, 7) is 7.59. The van der Waals surface area contributed by atoms with Crippen LogP contribution in [0.4, 0.5) is 0 Å². The molecule has 0 aliphatic rings. The minimum Gasteiger partial charge on any atom is -0.396 e. The molecule has 0 saturated heterocycles. The Balaban J connectivity index is 2.95. The van der Waals surface area contributed by atoms with E-state index in [-0.39, 0.29) is 24.0 Å². The van der Waals surface area contributed by atoms with Crippen molar-refractivity contribution < 1.29 is 9.90 Å². The molecule has 19 heavy (non-hydrogen) atoms. The Morgan fingerprint density at radius 3 is 2.53 bits per heavy atom. The van der Waals surface area contributed by atoms with Crippen molar-refractivity contribution in [2.24, 2.45) is 5.92 Å². The maximum atomic E-state index is 11.9. The standard InChI is InChI=1S/C13H21N3O3/c1-7(2)11-15-9(4)10(13(19)16-11)12(18)14-5-8(3)6-17/h7-8,17H,5-6H2,1-4H3,(H,14,18)(H,15,16,19). The van der Waals surface area contributed by atoms with E-state index in [4.69, 9.17) is 5.11 Å². The zero-order valence-corrected chi connectivity index (χ0v) is 11.8. The molecule has 0 fully saturated rings. The molecule has 1 atom stereocenters. The number of aromatic nitrogens is 2. The van der Waals surface area contributed by atoms with Gasteiger partial charge in [0.2, 0.25) is 0 Å². The maximum absolute atomic E-state index is 11.9. The van der Waals surface area contributed by atoms with Gasteiger partial charge in [0.05, 0.1) is 5.69 Å². The topological polar surface area (TPSA) is 95.1 Å². The Morgan fingerprint density at radius 2 is 2.05 bits per heavy atom. The molecule has 1 unspecified atom stereocenters. The third-order valence-electron chi connectivity index (χ3n) is 2.82. The Bertz CT molecular complexity index is 508. The number of amides is 1. The van der Waals surface area contributed by atoms with E-state index in [0.717, 1.165) is 0 Å². The van der Waals surface area contributed by atoms with Gasteiger partial charge in [0.1, 0.15) is 11.4 Å². The van der Waals surface area contributed by atoms with Gasteiger partial charge in [-0.1, -0.05) is 20.8 Å². The number of carbonyl (C=O) groups is 1. The molecule has 0 aliphatic heterocycles. The molecule has 1 amide bonds. The van der Waals surface area contributed by atoms with E-state index in [1.54, 1.807) is 13.8 Å². The average molecular weight is 267 g/mol. The largest absolute Gasteiger partial charge is 0.396 e. The van der Waals surface area contributed by atoms with Crippen molar-refractivity contribution in [3.05, 3.63) is 27.4 Å². The van der Waals surface area contributed by atoms with Crippen molar-refractivity contribution in [1.82, 2.24) is 15.3 Å². The molecule has 1 heterocycles. The fourth-order valence-corrected chi connectivity index (χ4v) is 1.57. The highest BCUT2D eigenvalue weighted by Gasteiger charge is 2.17. The Hall–Kier alpha value is -1.69. The summed E-state index contributed by atoms with van der Waals surface area (Å²) in [5.74, 6) is 0.161. The van der Waals surface area contributed by atoms with E-state index in [9.17, 15) is 9.59 Å². The molecule has 106 valence electrons. The molecule has 1 aromatic rings. The molecule has 1 aromatic heterocycles. The third kappa shape index (κ3) is 3.89. The van der Waals surface area contributed by atoms with E-state index >= 15 is 0 Å². The number of aromatic amines is 1. The van der Waals surface area contributed by atoms with E-state index in [2.05, 4.69) is 15.3 Å². The zero-order valence-electron chi connectivity index (χ0n) is 11.8. The average Bonchev–Trinajstić information content (AvgIpc) is 2.34. The summed E-state index contributed by atoms with van der Waals surface area (Å²) in [6.07, 6.45) is 0. The van der Waals surface area contributed by atoms with Crippen molar-refractivity contribution in [2.75, 3.05) is 13.2 Å². The second-order valence-electron chi connectivity index (χ2n) is 5.06. The summed E-state index contributed by atoms with van der Waals surface area (Å²) in [5, 5.41) is 11.5. The summed E-state index contributed by atoms with van der Waals surface area (Å²) in [7, 11) is 0. The van der Waals surface area contributed by atoms with Gasteiger partial charge in [-0.05, 0) is 12.8 Å². The summed E-state index contributed by atoms with van der Waals surface area (Å²) in [6, 6.07) is 0. The first-order valence-electron chi connectivity index (χ1n) is 6.36. The van der Waals surface area contributed by atoms with Crippen LogP contribution in [-0.4, -0.2) is 34.1 Å². The van der Waals surface area contributed by atoms with Gasteiger partial charge in [0.25, 0.3) is 11.5 Å². The van der Waals surface area contributed by atoms with E-state index in [1.165, 1.54) is 0 Å². The second kappa shape index (κ2) is 6.47. The van der Waals surface area contributed by atoms with Crippen LogP contribution in [-0.2, 0) is 0 Å². The van der Waals surface area contributed by atoms with Gasteiger partial charge in [-0.2, -0.15) is 0 Å². The van der Waals surface area contributed by atoms with Crippen molar-refractivity contribution >= 4 is 5.91 Å². The lowest BCUT2D eigenvalue weighted by Crippen LogP contribution is -2.35. The molecule has 1 rings (SSSR count). The van der Waals surface area contributed by atoms with Crippen LogP contribution < -0.4 is 10.9 Å². The number of aliphatic hydroxyl groups excluding tert-OH is 1. The maximum Gasteiger partial charge on any atom is 0.264 e. The lowest BCUT2D eigenvalue weighted by atomic mass is 10.1. The van der Waals surface area contributed by atoms with Gasteiger partial charge >= 0.3 is 0 Å². The summed E-state index contributed by atoms with van der Waals surface area (Å²) < 4.78 is 0. The monoisotopic (exact) mass is 267 g/mol. The normalized spacial score (nSPS) is 12.5. The number of rotatable bonds is 5. The first-order valence-corrected chi connectivity index (χ1v) is 6.36. The molecule has 6 heteroatoms. The van der Waals surface area contributed by atoms with Crippen LogP contribution in [0.5, 0.6) is 0 Å². The van der Waals surface area contributed by atoms with E-state index in [0.29, 0.717) is 18.1 Å². The van der Waals surface area contributed by atoms with Crippen molar-refractivity contribution in [3.8, 4) is 0 Å². The second-order valence-corrected chi connectivity index (χ2v) is 5.06. The highest BCUT2D eigenvalue weighted by molar-refractivity contribution is 5.94. The molecular weight excluding hydrogens is 246 g/mol. The van der Waals surface area contributed by atoms with Crippen LogP contribution in [0.15, 0.2) is 4.79 Å². The van der Waals surface area contributed by atoms with Crippen LogP contribution in [0, 0.1) is 12.8 Å². The molecule has 3 N–H and O–H groups in total. The summed E-state index contributed by atoms with van der Waals surface area (Å²) >= 11 is 0. The number of hydrogen-bond donors (Lipinski definition) is 3. The van der Waals surface area contributed by atoms with Crippen LogP contribution in [0.25, 0.3) is 0 Å². The number of nitrogens with one attached hydrogen (secondary N) is 2. The smallest absolute Gasteiger partial charge is 0.264 e. The minimum absolute atomic E-state index is 0.0137. The lowest BCUT2D eigenvalue weighted by molar-refractivity contribution is 0.0939. The predicted molar refractivity (Wildman–Crippen MR) is 72.3 cm³/mol. The number of hydrogen-bond acceptors (Lipinski definition) is 4. The van der Waals surface area contributed by atoms with Gasteiger partial charge in [-0.15, -0.1) is 0 Å². The number of aryl methyl sites for hydroxylation is 1. The quantitative estimate of drug-likeness (QED) is 0.726. The Kier molecular flexibility index (Phi) is 5.23. The fraction of sp³-hybridized carbons (Fsp3) is 0.615. The molecule has 0 aromatic carbocycles. The van der Waals surface area contributed by atoms with Gasteiger partial charge < -0.3 is 15.4 Å². The van der Waals surface area contributed by atoms with E-state index < -0.39 is 11.5 Å². The lowest BCUT2D eigenvalue weighted by Gasteiger charge is -2.11. The number of H-pyrrole nitrogens is 1. The van der Waals surface area contributed by atoms with Crippen molar-refractivity contribution in [1.29, 1.82) is 0 Å². The van der Waals surface area contributed by atoms with Gasteiger partial charge in [0.15, 0.2) is 0 Å². The fourth-order valence-electron chi connectivity index (χ4n) is 1.57. The van der Waals surface area contributed by atoms with Crippen LogP contribution >= 0.6 is 0 Å². The Morgan fingerprint density at radius 1 is 1.42 bits per heavy atom. The van der Waals surface area contributed by atoms with Gasteiger partial charge in [-0.3, -0.25) is 9.59 Å². The highest BCUT2D eigenvalue weighted by Crippen LogP contribution is 2.08. The van der Waals surface area contributed by atoms with E-state index in [1.807, 2.05) is 13.8 Å². The molecular formula is C13H21N3O3.